The zero-order valence-corrected chi connectivity index (χ0v) is 41.5. The Morgan fingerprint density at radius 1 is 0.356 bits per heavy atom. The summed E-state index contributed by atoms with van der Waals surface area (Å²) in [5.74, 6) is 2.33. The van der Waals surface area contributed by atoms with E-state index in [0.717, 1.165) is 82.2 Å². The van der Waals surface area contributed by atoms with Crippen LogP contribution in [0.25, 0.3) is 94.5 Å². The van der Waals surface area contributed by atoms with Crippen LogP contribution in [0.5, 0.6) is 11.5 Å². The number of ether oxygens (including phenoxy) is 1. The fourth-order valence-corrected chi connectivity index (χ4v) is 13.4. The van der Waals surface area contributed by atoms with E-state index >= 15 is 0 Å². The summed E-state index contributed by atoms with van der Waals surface area (Å²) in [5.41, 5.74) is 21.0. The Morgan fingerprint density at radius 2 is 0.890 bits per heavy atom. The van der Waals surface area contributed by atoms with E-state index in [1.165, 1.54) is 49.9 Å². The van der Waals surface area contributed by atoms with Crippen LogP contribution in [0.4, 0.5) is 0 Å². The van der Waals surface area contributed by atoms with Gasteiger partial charge in [0.1, 0.15) is 0 Å². The number of benzene rings is 10. The molecule has 6 heteroatoms. The summed E-state index contributed by atoms with van der Waals surface area (Å²) in [4.78, 5) is 4.99. The number of fused-ring (bicyclic) bond motifs is 14. The van der Waals surface area contributed by atoms with Gasteiger partial charge in [-0.2, -0.15) is 0 Å². The van der Waals surface area contributed by atoms with E-state index in [2.05, 4.69) is 270 Å². The van der Waals surface area contributed by atoms with Crippen molar-refractivity contribution in [3.63, 3.8) is 0 Å². The molecule has 0 radical (unpaired) electrons. The molecule has 0 amide bonds. The predicted octanol–water partition coefficient (Wildman–Crippen LogP) is 16.5. The number of aromatic nitrogens is 4. The Labute approximate surface area is 432 Å². The first-order chi connectivity index (χ1) is 36.1. The molecule has 0 saturated carbocycles. The molecule has 0 unspecified atom stereocenters. The van der Waals surface area contributed by atoms with Crippen LogP contribution in [-0.4, -0.2) is 18.7 Å². The zero-order valence-electron chi connectivity index (χ0n) is 39.3. The van der Waals surface area contributed by atoms with Crippen molar-refractivity contribution < 1.29 is 24.1 Å². The molecule has 0 fully saturated rings. The molecule has 2 aliphatic rings. The van der Waals surface area contributed by atoms with Crippen molar-refractivity contribution in [2.24, 2.45) is 0 Å². The predicted molar refractivity (Wildman–Crippen MR) is 292 cm³/mol. The number of hydrogen-bond donors (Lipinski definition) is 0. The third kappa shape index (κ3) is 6.13. The SMILES string of the molecule is [Pt]=[c]1n(-c2cccc(Oc3ccc4c5cc6c(cc5n(-c5ccccn5)c4c3)C3(c4ccccc4-c4ccccc43)c3ccccc3-6)c2)c2ccccc2n1-c1c(-c2ccccc2)cccc1-c1ccccc1. The first kappa shape index (κ1) is 41.8. The molecule has 0 aliphatic heterocycles. The fourth-order valence-electron chi connectivity index (χ4n) is 12.3. The third-order valence-corrected chi connectivity index (χ3v) is 16.2. The average Bonchev–Trinajstić information content (AvgIpc) is 4.15. The zero-order chi connectivity index (χ0) is 48.2. The Bertz CT molecular complexity index is 4330. The number of imidazole rings is 1. The van der Waals surface area contributed by atoms with Gasteiger partial charge in [-0.05, 0) is 50.6 Å². The van der Waals surface area contributed by atoms with Gasteiger partial charge >= 0.3 is 294 Å². The number of hydrogen-bond acceptors (Lipinski definition) is 2. The van der Waals surface area contributed by atoms with E-state index in [9.17, 15) is 0 Å². The number of rotatable bonds is 7. The Balaban J connectivity index is 0.887. The molecule has 2 aliphatic carbocycles. The van der Waals surface area contributed by atoms with Gasteiger partial charge in [-0.1, -0.05) is 78.9 Å². The minimum absolute atomic E-state index is 0.463. The van der Waals surface area contributed by atoms with Crippen LogP contribution in [0, 0.1) is 3.80 Å². The summed E-state index contributed by atoms with van der Waals surface area (Å²) < 4.78 is 15.1. The normalized spacial score (nSPS) is 12.8. The second-order valence-corrected chi connectivity index (χ2v) is 20.0. The van der Waals surface area contributed by atoms with Gasteiger partial charge in [-0.3, -0.25) is 0 Å². The Morgan fingerprint density at radius 3 is 1.53 bits per heavy atom. The van der Waals surface area contributed by atoms with Gasteiger partial charge in [-0.25, -0.2) is 0 Å². The molecule has 0 saturated heterocycles. The van der Waals surface area contributed by atoms with Gasteiger partial charge in [0.15, 0.2) is 0 Å². The van der Waals surface area contributed by atoms with Crippen LogP contribution in [0.3, 0.4) is 0 Å². The summed E-state index contributed by atoms with van der Waals surface area (Å²) in [5, 5.41) is 2.31. The molecule has 3 aromatic heterocycles. The monoisotopic (exact) mass is 1110 g/mol. The van der Waals surface area contributed by atoms with Crippen molar-refractivity contribution in [1.29, 1.82) is 0 Å². The number of nitrogens with zero attached hydrogens (tertiary/aromatic N) is 4. The van der Waals surface area contributed by atoms with E-state index in [0.29, 0.717) is 0 Å². The number of para-hydroxylation sites is 3. The summed E-state index contributed by atoms with van der Waals surface area (Å²) in [7, 11) is 0. The molecule has 13 aromatic rings. The maximum absolute atomic E-state index is 6.96. The quantitative estimate of drug-likeness (QED) is 0.159. The van der Waals surface area contributed by atoms with Gasteiger partial charge in [0.2, 0.25) is 0 Å². The molecule has 346 valence electrons. The van der Waals surface area contributed by atoms with Crippen molar-refractivity contribution in [1.82, 2.24) is 18.7 Å². The molecular formula is C67H42N4OPt. The van der Waals surface area contributed by atoms with Crippen molar-refractivity contribution in [3.05, 3.63) is 281 Å². The van der Waals surface area contributed by atoms with Gasteiger partial charge in [0, 0.05) is 6.20 Å². The average molecular weight is 1110 g/mol. The van der Waals surface area contributed by atoms with Gasteiger partial charge < -0.3 is 0 Å². The second kappa shape index (κ2) is 16.3. The van der Waals surface area contributed by atoms with Crippen LogP contribution in [0.1, 0.15) is 22.3 Å². The first-order valence-corrected chi connectivity index (χ1v) is 25.8. The fraction of sp³-hybridized carbons (Fsp3) is 0.0149. The van der Waals surface area contributed by atoms with Crippen LogP contribution in [0.2, 0.25) is 0 Å². The van der Waals surface area contributed by atoms with Gasteiger partial charge in [-0.15, -0.1) is 0 Å². The van der Waals surface area contributed by atoms with Crippen LogP contribution >= 0.6 is 0 Å². The second-order valence-electron chi connectivity index (χ2n) is 18.9. The molecule has 73 heavy (non-hydrogen) atoms. The molecule has 0 N–H and O–H groups in total. The molecule has 1 spiro atoms. The van der Waals surface area contributed by atoms with Crippen molar-refractivity contribution in [2.45, 2.75) is 5.41 Å². The molecule has 5 nitrogen and oxygen atoms in total. The Hall–Kier alpha value is -8.89. The van der Waals surface area contributed by atoms with Crippen molar-refractivity contribution >= 4 is 32.8 Å². The summed E-state index contributed by atoms with van der Waals surface area (Å²) in [6, 6.07) is 89.7. The summed E-state index contributed by atoms with van der Waals surface area (Å²) >= 11 is 2.51. The van der Waals surface area contributed by atoms with E-state index in [1.54, 1.807) is 0 Å². The van der Waals surface area contributed by atoms with Gasteiger partial charge in [0.05, 0.1) is 5.41 Å². The first-order valence-electron chi connectivity index (χ1n) is 24.7. The van der Waals surface area contributed by atoms with Crippen molar-refractivity contribution in [3.8, 4) is 73.2 Å². The van der Waals surface area contributed by atoms with Crippen LogP contribution in [-0.2, 0) is 24.8 Å². The minimum atomic E-state index is -0.463. The molecule has 3 heterocycles. The molecular weight excluding hydrogens is 1070 g/mol. The Kier molecular flexibility index (Phi) is 9.36. The van der Waals surface area contributed by atoms with Crippen molar-refractivity contribution in [2.75, 3.05) is 0 Å². The van der Waals surface area contributed by atoms with Crippen LogP contribution in [0.15, 0.2) is 255 Å². The van der Waals surface area contributed by atoms with Crippen LogP contribution < -0.4 is 4.74 Å². The number of pyridine rings is 1. The summed E-state index contributed by atoms with van der Waals surface area (Å²) in [6.45, 7) is 0. The topological polar surface area (TPSA) is 36.9 Å². The van der Waals surface area contributed by atoms with E-state index in [1.807, 2.05) is 18.3 Å². The standard InChI is InChI=1S/C67H42N4O.Pt/c1-3-19-44(20-4-1)49-28-18-29-50(45-21-5-2-6-22-45)66(49)70-43-69(61-33-13-14-34-62(61)70)46-23-17-24-47(39-46)72-48-36-37-54-56-41-55-53-27-9-12-32-59(53)67(57-30-10-7-25-51(57)52-26-8-11-31-58(52)67)60(55)42-64(56)71(63(54)40-48)65-35-15-16-38-68-65;/h1-42H;. The summed E-state index contributed by atoms with van der Waals surface area (Å²) in [6.07, 6.45) is 1.88. The molecule has 10 aromatic carbocycles. The van der Waals surface area contributed by atoms with Gasteiger partial charge in [0.25, 0.3) is 0 Å². The molecule has 15 rings (SSSR count). The van der Waals surface area contributed by atoms with E-state index in [-0.39, 0.29) is 0 Å². The maximum atomic E-state index is 6.96. The third-order valence-electron chi connectivity index (χ3n) is 15.2. The van der Waals surface area contributed by atoms with E-state index in [4.69, 9.17) is 9.72 Å². The molecule has 0 bridgehead atoms. The molecule has 0 atom stereocenters. The van der Waals surface area contributed by atoms with E-state index < -0.39 is 5.41 Å².